The van der Waals surface area contributed by atoms with E-state index < -0.39 is 48.2 Å². The van der Waals surface area contributed by atoms with Crippen molar-refractivity contribution in [2.45, 2.75) is 52.2 Å². The second-order valence-electron chi connectivity index (χ2n) is 8.92. The SMILES string of the molecule is CC(C)[C@H](NC(=O)c1cc2ccccc2n1C)C(=O)N[C@H](C(=O)N[C@H](C=O)CC(=O)O)C(C)C. The van der Waals surface area contributed by atoms with E-state index in [0.717, 1.165) is 10.9 Å². The van der Waals surface area contributed by atoms with E-state index in [9.17, 15) is 24.0 Å². The molecule has 34 heavy (non-hydrogen) atoms. The zero-order chi connectivity index (χ0) is 25.6. The number of rotatable bonds is 11. The predicted molar refractivity (Wildman–Crippen MR) is 126 cm³/mol. The summed E-state index contributed by atoms with van der Waals surface area (Å²) in [6, 6.07) is 6.10. The summed E-state index contributed by atoms with van der Waals surface area (Å²) in [5.74, 6) is -3.55. The number of carbonyl (C=O) groups is 5. The molecule has 0 fully saturated rings. The van der Waals surface area contributed by atoms with Crippen molar-refractivity contribution in [2.75, 3.05) is 0 Å². The van der Waals surface area contributed by atoms with Crippen LogP contribution in [-0.2, 0) is 26.2 Å². The molecule has 3 amide bonds. The summed E-state index contributed by atoms with van der Waals surface area (Å²) < 4.78 is 1.74. The Balaban J connectivity index is 2.17. The van der Waals surface area contributed by atoms with Crippen molar-refractivity contribution >= 4 is 40.9 Å². The number of aryl methyl sites for hydroxylation is 1. The van der Waals surface area contributed by atoms with Crippen LogP contribution in [0.25, 0.3) is 10.9 Å². The number of hydrogen-bond acceptors (Lipinski definition) is 5. The number of aliphatic carboxylic acids is 1. The minimum atomic E-state index is -1.24. The Morgan fingerprint density at radius 3 is 2.03 bits per heavy atom. The molecule has 0 radical (unpaired) electrons. The Morgan fingerprint density at radius 2 is 1.50 bits per heavy atom. The van der Waals surface area contributed by atoms with Gasteiger partial charge in [0.25, 0.3) is 5.91 Å². The highest BCUT2D eigenvalue weighted by atomic mass is 16.4. The summed E-state index contributed by atoms with van der Waals surface area (Å²) in [4.78, 5) is 60.8. The highest BCUT2D eigenvalue weighted by Crippen LogP contribution is 2.18. The average Bonchev–Trinajstić information content (AvgIpc) is 3.10. The van der Waals surface area contributed by atoms with Crippen LogP contribution in [0.2, 0.25) is 0 Å². The first kappa shape index (κ1) is 26.6. The van der Waals surface area contributed by atoms with Gasteiger partial charge in [-0.05, 0) is 24.0 Å². The van der Waals surface area contributed by atoms with E-state index in [2.05, 4.69) is 16.0 Å². The summed E-state index contributed by atoms with van der Waals surface area (Å²) in [5.41, 5.74) is 1.26. The topological polar surface area (TPSA) is 147 Å². The van der Waals surface area contributed by atoms with E-state index >= 15 is 0 Å². The third-order valence-corrected chi connectivity index (χ3v) is 5.55. The molecular formula is C24H32N4O6. The van der Waals surface area contributed by atoms with Gasteiger partial charge >= 0.3 is 5.97 Å². The third kappa shape index (κ3) is 6.43. The van der Waals surface area contributed by atoms with Crippen LogP contribution in [0.1, 0.15) is 44.6 Å². The Kier molecular flexibility index (Phi) is 8.94. The van der Waals surface area contributed by atoms with Gasteiger partial charge in [-0.1, -0.05) is 45.9 Å². The van der Waals surface area contributed by atoms with Crippen LogP contribution in [0.3, 0.4) is 0 Å². The fraction of sp³-hybridized carbons (Fsp3) is 0.458. The number of hydrogen-bond donors (Lipinski definition) is 4. The number of aldehydes is 1. The molecule has 10 heteroatoms. The Bertz CT molecular complexity index is 1070. The molecule has 0 bridgehead atoms. The van der Waals surface area contributed by atoms with Crippen molar-refractivity contribution in [1.82, 2.24) is 20.5 Å². The summed E-state index contributed by atoms with van der Waals surface area (Å²) in [7, 11) is 1.77. The van der Waals surface area contributed by atoms with Gasteiger partial charge in [0.15, 0.2) is 0 Å². The van der Waals surface area contributed by atoms with Gasteiger partial charge in [-0.3, -0.25) is 19.2 Å². The molecule has 2 rings (SSSR count). The molecule has 1 aromatic heterocycles. The molecule has 3 atom stereocenters. The largest absolute Gasteiger partial charge is 0.481 e. The molecule has 184 valence electrons. The lowest BCUT2D eigenvalue weighted by Gasteiger charge is -2.27. The summed E-state index contributed by atoms with van der Waals surface area (Å²) in [6.45, 7) is 6.95. The molecule has 4 N–H and O–H groups in total. The first-order chi connectivity index (χ1) is 16.0. The van der Waals surface area contributed by atoms with Crippen molar-refractivity contribution in [1.29, 1.82) is 0 Å². The molecule has 0 spiro atoms. The number of nitrogens with zero attached hydrogens (tertiary/aromatic N) is 1. The second kappa shape index (κ2) is 11.4. The van der Waals surface area contributed by atoms with Crippen LogP contribution in [0, 0.1) is 11.8 Å². The maximum absolute atomic E-state index is 13.1. The predicted octanol–water partition coefficient (Wildman–Crippen LogP) is 1.23. The van der Waals surface area contributed by atoms with E-state index in [-0.39, 0.29) is 11.8 Å². The fourth-order valence-electron chi connectivity index (χ4n) is 3.63. The summed E-state index contributed by atoms with van der Waals surface area (Å²) in [6.07, 6.45) is -0.226. The van der Waals surface area contributed by atoms with Crippen LogP contribution in [0.15, 0.2) is 30.3 Å². The molecule has 1 heterocycles. The molecule has 0 saturated carbocycles. The monoisotopic (exact) mass is 472 g/mol. The van der Waals surface area contributed by atoms with Crippen LogP contribution in [0.5, 0.6) is 0 Å². The van der Waals surface area contributed by atoms with E-state index in [4.69, 9.17) is 5.11 Å². The molecule has 0 aliphatic carbocycles. The molecule has 10 nitrogen and oxygen atoms in total. The van der Waals surface area contributed by atoms with Gasteiger partial charge in [0.1, 0.15) is 24.1 Å². The van der Waals surface area contributed by atoms with Gasteiger partial charge in [0.05, 0.1) is 12.5 Å². The fourth-order valence-corrected chi connectivity index (χ4v) is 3.63. The van der Waals surface area contributed by atoms with Crippen molar-refractivity contribution in [3.8, 4) is 0 Å². The Labute approximate surface area is 198 Å². The number of fused-ring (bicyclic) bond motifs is 1. The smallest absolute Gasteiger partial charge is 0.305 e. The van der Waals surface area contributed by atoms with Gasteiger partial charge in [-0.25, -0.2) is 0 Å². The number of benzene rings is 1. The van der Waals surface area contributed by atoms with E-state index in [1.807, 2.05) is 24.3 Å². The number of carboxylic acids is 1. The van der Waals surface area contributed by atoms with Gasteiger partial charge in [-0.2, -0.15) is 0 Å². The number of amides is 3. The first-order valence-electron chi connectivity index (χ1n) is 11.1. The van der Waals surface area contributed by atoms with Crippen molar-refractivity contribution < 1.29 is 29.1 Å². The maximum Gasteiger partial charge on any atom is 0.305 e. The maximum atomic E-state index is 13.1. The van der Waals surface area contributed by atoms with Crippen molar-refractivity contribution in [3.05, 3.63) is 36.0 Å². The molecule has 0 aliphatic rings. The Hall–Kier alpha value is -3.69. The zero-order valence-corrected chi connectivity index (χ0v) is 20.0. The molecular weight excluding hydrogens is 440 g/mol. The third-order valence-electron chi connectivity index (χ3n) is 5.55. The summed E-state index contributed by atoms with van der Waals surface area (Å²) >= 11 is 0. The lowest BCUT2D eigenvalue weighted by molar-refractivity contribution is -0.139. The second-order valence-corrected chi connectivity index (χ2v) is 8.92. The highest BCUT2D eigenvalue weighted by molar-refractivity contribution is 6.01. The van der Waals surface area contributed by atoms with E-state index in [1.54, 1.807) is 45.4 Å². The number of carboxylic acid groups (broad SMARTS) is 1. The van der Waals surface area contributed by atoms with Crippen LogP contribution < -0.4 is 16.0 Å². The van der Waals surface area contributed by atoms with Crippen LogP contribution in [-0.4, -0.2) is 57.8 Å². The first-order valence-corrected chi connectivity index (χ1v) is 11.1. The van der Waals surface area contributed by atoms with E-state index in [1.165, 1.54) is 0 Å². The molecule has 0 saturated heterocycles. The lowest BCUT2D eigenvalue weighted by Crippen LogP contribution is -2.58. The quantitative estimate of drug-likeness (QED) is 0.362. The standard InChI is InChI=1S/C24H32N4O6/c1-13(2)20(23(33)25-16(12-29)11-19(30)31)27-24(34)21(14(3)4)26-22(32)18-10-15-8-6-7-9-17(15)28(18)5/h6-10,12-14,16,20-21H,11H2,1-5H3,(H,25,33)(H,26,32)(H,27,34)(H,30,31)/t16-,20-,21-/m0/s1. The van der Waals surface area contributed by atoms with E-state index in [0.29, 0.717) is 12.0 Å². The number of carbonyl (C=O) groups excluding carboxylic acids is 4. The normalized spacial score (nSPS) is 13.9. The van der Waals surface area contributed by atoms with Crippen molar-refractivity contribution in [3.63, 3.8) is 0 Å². The minimum Gasteiger partial charge on any atom is -0.481 e. The lowest BCUT2D eigenvalue weighted by atomic mass is 9.99. The van der Waals surface area contributed by atoms with Crippen LogP contribution in [0.4, 0.5) is 0 Å². The van der Waals surface area contributed by atoms with Crippen LogP contribution >= 0.6 is 0 Å². The van der Waals surface area contributed by atoms with Crippen molar-refractivity contribution in [2.24, 2.45) is 18.9 Å². The van der Waals surface area contributed by atoms with Gasteiger partial charge in [-0.15, -0.1) is 0 Å². The molecule has 2 aromatic rings. The summed E-state index contributed by atoms with van der Waals surface area (Å²) in [5, 5.41) is 17.5. The number of para-hydroxylation sites is 1. The Morgan fingerprint density at radius 1 is 0.941 bits per heavy atom. The molecule has 0 aliphatic heterocycles. The highest BCUT2D eigenvalue weighted by Gasteiger charge is 2.32. The molecule has 1 aromatic carbocycles. The number of aromatic nitrogens is 1. The molecule has 0 unspecified atom stereocenters. The minimum absolute atomic E-state index is 0.288. The van der Waals surface area contributed by atoms with Gasteiger partial charge < -0.3 is 30.4 Å². The average molecular weight is 473 g/mol. The van der Waals surface area contributed by atoms with Gasteiger partial charge in [0.2, 0.25) is 11.8 Å². The zero-order valence-electron chi connectivity index (χ0n) is 20.0. The number of nitrogens with one attached hydrogen (secondary N) is 3. The van der Waals surface area contributed by atoms with Gasteiger partial charge in [0, 0.05) is 18.0 Å².